The smallest absolute Gasteiger partial charge is 0.254 e. The Morgan fingerprint density at radius 1 is 1.10 bits per heavy atom. The van der Waals surface area contributed by atoms with Crippen LogP contribution in [-0.2, 0) is 4.79 Å². The summed E-state index contributed by atoms with van der Waals surface area (Å²) in [6, 6.07) is 7.15. The molecule has 2 aliphatic heterocycles. The molecule has 2 amide bonds. The standard InChI is InChI=1S/C24H30N2O4S/c1-14-9-15(2)13-26(12-14)24(28)21-16-10-18(29-4)19(30-5)11-17(16)23(27)25(3)22(21)20-7-6-8-31-20/h6-8,10-11,14-15,21-22H,9,12-13H2,1-5H3/t14-,15-,21+,22-/m1/s1. The Kier molecular flexibility index (Phi) is 5.97. The van der Waals surface area contributed by atoms with Gasteiger partial charge in [0.05, 0.1) is 26.2 Å². The Morgan fingerprint density at radius 2 is 1.74 bits per heavy atom. The number of hydrogen-bond donors (Lipinski definition) is 0. The van der Waals surface area contributed by atoms with Gasteiger partial charge in [-0.05, 0) is 47.4 Å². The first kappa shape index (κ1) is 21.7. The minimum Gasteiger partial charge on any atom is -0.493 e. The van der Waals surface area contributed by atoms with Gasteiger partial charge in [0.1, 0.15) is 0 Å². The van der Waals surface area contributed by atoms with E-state index in [-0.39, 0.29) is 17.9 Å². The number of rotatable bonds is 4. The molecular formula is C24H30N2O4S. The number of ether oxygens (including phenoxy) is 2. The molecule has 6 nitrogen and oxygen atoms in total. The zero-order valence-corrected chi connectivity index (χ0v) is 19.6. The van der Waals surface area contributed by atoms with Crippen molar-refractivity contribution in [3.63, 3.8) is 0 Å². The maximum atomic E-state index is 14.0. The fourth-order valence-corrected chi connectivity index (χ4v) is 6.07. The average molecular weight is 443 g/mol. The predicted octanol–water partition coefficient (Wildman–Crippen LogP) is 4.18. The summed E-state index contributed by atoms with van der Waals surface area (Å²) in [4.78, 5) is 32.1. The maximum absolute atomic E-state index is 14.0. The molecule has 0 radical (unpaired) electrons. The van der Waals surface area contributed by atoms with Gasteiger partial charge >= 0.3 is 0 Å². The SMILES string of the molecule is COc1cc2c(cc1OC)[C@H](C(=O)N1C[C@H](C)C[C@@H](C)C1)[C@@H](c1cccs1)N(C)C2=O. The van der Waals surface area contributed by atoms with E-state index in [0.717, 1.165) is 30.0 Å². The summed E-state index contributed by atoms with van der Waals surface area (Å²) in [5.41, 5.74) is 1.22. The molecule has 4 rings (SSSR count). The molecule has 0 bridgehead atoms. The third-order valence-corrected chi connectivity index (χ3v) is 7.40. The molecule has 1 saturated heterocycles. The number of carbonyl (C=O) groups is 2. The number of piperidine rings is 1. The summed E-state index contributed by atoms with van der Waals surface area (Å²) >= 11 is 1.58. The Balaban J connectivity index is 1.87. The summed E-state index contributed by atoms with van der Waals surface area (Å²) in [5.74, 6) is 1.41. The van der Waals surface area contributed by atoms with E-state index in [4.69, 9.17) is 9.47 Å². The van der Waals surface area contributed by atoms with E-state index >= 15 is 0 Å². The summed E-state index contributed by atoms with van der Waals surface area (Å²) in [7, 11) is 4.91. The second-order valence-electron chi connectivity index (χ2n) is 8.84. The van der Waals surface area contributed by atoms with E-state index in [1.165, 1.54) is 0 Å². The van der Waals surface area contributed by atoms with Crippen molar-refractivity contribution in [2.45, 2.75) is 32.2 Å². The van der Waals surface area contributed by atoms with Crippen LogP contribution < -0.4 is 9.47 Å². The minimum atomic E-state index is -0.492. The van der Waals surface area contributed by atoms with Gasteiger partial charge in [0.25, 0.3) is 5.91 Å². The molecule has 2 aromatic rings. The van der Waals surface area contributed by atoms with Crippen LogP contribution in [0.15, 0.2) is 29.6 Å². The third kappa shape index (κ3) is 3.80. The number of amides is 2. The summed E-state index contributed by atoms with van der Waals surface area (Å²) in [6.45, 7) is 5.89. The van der Waals surface area contributed by atoms with Crippen LogP contribution >= 0.6 is 11.3 Å². The number of carbonyl (C=O) groups excluding carboxylic acids is 2. The van der Waals surface area contributed by atoms with E-state index in [1.807, 2.05) is 28.5 Å². The van der Waals surface area contributed by atoms with Crippen LogP contribution in [0, 0.1) is 11.8 Å². The van der Waals surface area contributed by atoms with Crippen LogP contribution in [0.1, 0.15) is 53.0 Å². The van der Waals surface area contributed by atoms with Crippen LogP contribution in [0.2, 0.25) is 0 Å². The van der Waals surface area contributed by atoms with Crippen molar-refractivity contribution in [3.8, 4) is 11.5 Å². The topological polar surface area (TPSA) is 59.1 Å². The molecule has 0 N–H and O–H groups in total. The molecule has 1 aromatic carbocycles. The van der Waals surface area contributed by atoms with Crippen molar-refractivity contribution in [3.05, 3.63) is 45.6 Å². The predicted molar refractivity (Wildman–Crippen MR) is 121 cm³/mol. The number of likely N-dealkylation sites (N-methyl/N-ethyl adjacent to an activating group) is 1. The highest BCUT2D eigenvalue weighted by atomic mass is 32.1. The van der Waals surface area contributed by atoms with Crippen molar-refractivity contribution in [1.82, 2.24) is 9.80 Å². The lowest BCUT2D eigenvalue weighted by Gasteiger charge is -2.43. The molecule has 0 unspecified atom stereocenters. The van der Waals surface area contributed by atoms with Gasteiger partial charge in [0, 0.05) is 30.6 Å². The molecule has 1 fully saturated rings. The van der Waals surface area contributed by atoms with Crippen molar-refractivity contribution < 1.29 is 19.1 Å². The molecule has 0 saturated carbocycles. The molecule has 3 heterocycles. The first-order chi connectivity index (χ1) is 14.8. The van der Waals surface area contributed by atoms with Gasteiger partial charge in [0.15, 0.2) is 11.5 Å². The molecule has 31 heavy (non-hydrogen) atoms. The Hall–Kier alpha value is -2.54. The molecule has 0 aliphatic carbocycles. The van der Waals surface area contributed by atoms with Crippen LogP contribution in [0.4, 0.5) is 0 Å². The van der Waals surface area contributed by atoms with Crippen LogP contribution in [0.3, 0.4) is 0 Å². The first-order valence-electron chi connectivity index (χ1n) is 10.7. The molecule has 4 atom stereocenters. The van der Waals surface area contributed by atoms with Crippen molar-refractivity contribution >= 4 is 23.2 Å². The molecule has 166 valence electrons. The minimum absolute atomic E-state index is 0.0737. The number of hydrogen-bond acceptors (Lipinski definition) is 5. The summed E-state index contributed by atoms with van der Waals surface area (Å²) < 4.78 is 11.0. The van der Waals surface area contributed by atoms with Crippen molar-refractivity contribution in [2.24, 2.45) is 11.8 Å². The number of methoxy groups -OCH3 is 2. The highest BCUT2D eigenvalue weighted by molar-refractivity contribution is 7.10. The molecule has 2 aliphatic rings. The van der Waals surface area contributed by atoms with Gasteiger partial charge in [-0.3, -0.25) is 9.59 Å². The highest BCUT2D eigenvalue weighted by Crippen LogP contribution is 2.47. The largest absolute Gasteiger partial charge is 0.493 e. The number of benzene rings is 1. The Morgan fingerprint density at radius 3 is 2.32 bits per heavy atom. The average Bonchev–Trinajstić information content (AvgIpc) is 3.28. The second-order valence-corrected chi connectivity index (χ2v) is 9.82. The quantitative estimate of drug-likeness (QED) is 0.713. The van der Waals surface area contributed by atoms with Gasteiger partial charge in [0.2, 0.25) is 5.91 Å². The Labute approximate surface area is 187 Å². The van der Waals surface area contributed by atoms with E-state index in [2.05, 4.69) is 13.8 Å². The number of thiophene rings is 1. The second kappa shape index (κ2) is 8.54. The van der Waals surface area contributed by atoms with E-state index < -0.39 is 5.92 Å². The highest BCUT2D eigenvalue weighted by Gasteiger charge is 2.46. The lowest BCUT2D eigenvalue weighted by molar-refractivity contribution is -0.137. The van der Waals surface area contributed by atoms with Gasteiger partial charge in [-0.25, -0.2) is 0 Å². The third-order valence-electron chi connectivity index (χ3n) is 6.46. The lowest BCUT2D eigenvalue weighted by Crippen LogP contribution is -2.50. The number of fused-ring (bicyclic) bond motifs is 1. The summed E-state index contributed by atoms with van der Waals surface area (Å²) in [5, 5.41) is 1.99. The van der Waals surface area contributed by atoms with Gasteiger partial charge in [-0.15, -0.1) is 11.3 Å². The van der Waals surface area contributed by atoms with Gasteiger partial charge in [-0.2, -0.15) is 0 Å². The maximum Gasteiger partial charge on any atom is 0.254 e. The van der Waals surface area contributed by atoms with Gasteiger partial charge in [-0.1, -0.05) is 19.9 Å². The number of nitrogens with zero attached hydrogens (tertiary/aromatic N) is 2. The molecule has 7 heteroatoms. The first-order valence-corrected chi connectivity index (χ1v) is 11.6. The molecule has 0 spiro atoms. The monoisotopic (exact) mass is 442 g/mol. The van der Waals surface area contributed by atoms with Crippen molar-refractivity contribution in [2.75, 3.05) is 34.4 Å². The fraction of sp³-hybridized carbons (Fsp3) is 0.500. The van der Waals surface area contributed by atoms with Crippen molar-refractivity contribution in [1.29, 1.82) is 0 Å². The number of likely N-dealkylation sites (tertiary alicyclic amines) is 1. The Bertz CT molecular complexity index is 964. The summed E-state index contributed by atoms with van der Waals surface area (Å²) in [6.07, 6.45) is 1.13. The zero-order valence-electron chi connectivity index (χ0n) is 18.8. The van der Waals surface area contributed by atoms with E-state index in [0.29, 0.717) is 28.9 Å². The van der Waals surface area contributed by atoms with Gasteiger partial charge < -0.3 is 19.3 Å². The molecule has 1 aromatic heterocycles. The normalized spacial score (nSPS) is 25.9. The van der Waals surface area contributed by atoms with Crippen LogP contribution in [0.5, 0.6) is 11.5 Å². The van der Waals surface area contributed by atoms with Crippen LogP contribution in [-0.4, -0.2) is 56.0 Å². The molecular weight excluding hydrogens is 412 g/mol. The van der Waals surface area contributed by atoms with E-state index in [1.54, 1.807) is 43.6 Å². The van der Waals surface area contributed by atoms with Crippen LogP contribution in [0.25, 0.3) is 0 Å². The lowest BCUT2D eigenvalue weighted by atomic mass is 9.80. The van der Waals surface area contributed by atoms with E-state index in [9.17, 15) is 9.59 Å². The fourth-order valence-electron chi connectivity index (χ4n) is 5.17. The zero-order chi connectivity index (χ0) is 22.3.